The first kappa shape index (κ1) is 16.5. The van der Waals surface area contributed by atoms with E-state index in [-0.39, 0.29) is 24.8 Å². The third-order valence-electron chi connectivity index (χ3n) is 3.36. The van der Waals surface area contributed by atoms with Gasteiger partial charge in [-0.3, -0.25) is 0 Å². The molecule has 0 N–H and O–H groups in total. The van der Waals surface area contributed by atoms with Crippen LogP contribution in [0.4, 0.5) is 0 Å². The molecule has 3 heteroatoms. The molecule has 0 amide bonds. The van der Waals surface area contributed by atoms with Gasteiger partial charge in [0, 0.05) is 0 Å². The van der Waals surface area contributed by atoms with E-state index in [9.17, 15) is 0 Å². The van der Waals surface area contributed by atoms with Crippen LogP contribution in [0, 0.1) is 0 Å². The summed E-state index contributed by atoms with van der Waals surface area (Å²) in [5, 5.41) is 0. The van der Waals surface area contributed by atoms with Gasteiger partial charge in [0.2, 0.25) is 0 Å². The maximum Gasteiger partial charge on any atom is -1.00 e. The fraction of sp³-hybridized carbons (Fsp3) is 0.125. The van der Waals surface area contributed by atoms with Gasteiger partial charge in [0.25, 0.3) is 0 Å². The molecule has 0 aliphatic heterocycles. The van der Waals surface area contributed by atoms with Gasteiger partial charge in [0.1, 0.15) is 0 Å². The molecule has 2 aromatic carbocycles. The van der Waals surface area contributed by atoms with Crippen molar-refractivity contribution < 1.29 is 45.2 Å². The standard InChI is InChI=1S/C16H13.2ClH.Ti/c1-12-10-14-8-5-9-15(16(14)11-12)13-6-3-2-4-7-13;;;/h2-11H,1H3;2*1H;/q;;;+2/p-2. The number of fused-ring (bicyclic) bond motifs is 1. The first-order valence-electron chi connectivity index (χ1n) is 5.85. The average Bonchev–Trinajstić information content (AvgIpc) is 2.67. The molecule has 0 radical (unpaired) electrons. The molecule has 1 atom stereocenters. The van der Waals surface area contributed by atoms with Crippen LogP contribution in [0.25, 0.3) is 17.2 Å². The quantitative estimate of drug-likeness (QED) is 0.553. The molecule has 0 fully saturated rings. The SMILES string of the molecule is CC1=Cc2c(-c3ccccc3)cccc2[CH]1[Ti+2].[Cl-].[Cl-]. The van der Waals surface area contributed by atoms with Gasteiger partial charge in [-0.25, -0.2) is 0 Å². The van der Waals surface area contributed by atoms with Crippen LogP contribution in [0.5, 0.6) is 0 Å². The van der Waals surface area contributed by atoms with E-state index in [1.807, 2.05) is 0 Å². The van der Waals surface area contributed by atoms with Gasteiger partial charge in [-0.2, -0.15) is 0 Å². The Balaban J connectivity index is 0.000000902. The van der Waals surface area contributed by atoms with Crippen LogP contribution in [0.3, 0.4) is 0 Å². The van der Waals surface area contributed by atoms with Gasteiger partial charge in [-0.1, -0.05) is 0 Å². The maximum absolute atomic E-state index is 2.34. The van der Waals surface area contributed by atoms with Gasteiger partial charge in [-0.15, -0.1) is 0 Å². The molecule has 0 spiro atoms. The maximum atomic E-state index is 2.34. The van der Waals surface area contributed by atoms with E-state index in [4.69, 9.17) is 0 Å². The summed E-state index contributed by atoms with van der Waals surface area (Å²) in [6, 6.07) is 17.3. The normalized spacial score (nSPS) is 15.9. The molecular formula is C16H13Cl2Ti. The predicted octanol–water partition coefficient (Wildman–Crippen LogP) is -1.63. The van der Waals surface area contributed by atoms with Crippen molar-refractivity contribution in [1.82, 2.24) is 0 Å². The topological polar surface area (TPSA) is 0 Å². The molecule has 3 rings (SSSR count). The van der Waals surface area contributed by atoms with E-state index in [0.29, 0.717) is 4.22 Å². The van der Waals surface area contributed by atoms with Crippen LogP contribution >= 0.6 is 0 Å². The summed E-state index contributed by atoms with van der Waals surface area (Å²) in [7, 11) is 0. The average molecular weight is 324 g/mol. The number of hydrogen-bond donors (Lipinski definition) is 0. The molecule has 19 heavy (non-hydrogen) atoms. The number of hydrogen-bond acceptors (Lipinski definition) is 0. The van der Waals surface area contributed by atoms with Crippen molar-refractivity contribution in [3.05, 3.63) is 65.2 Å². The van der Waals surface area contributed by atoms with Crippen LogP contribution in [0.15, 0.2) is 54.1 Å². The molecule has 0 saturated carbocycles. The Morgan fingerprint density at radius 1 is 0.895 bits per heavy atom. The largest absolute Gasteiger partial charge is 1.00 e. The summed E-state index contributed by atoms with van der Waals surface area (Å²) in [5.74, 6) is 0. The van der Waals surface area contributed by atoms with Crippen LogP contribution in [0.2, 0.25) is 0 Å². The Kier molecular flexibility index (Phi) is 5.89. The smallest absolute Gasteiger partial charge is 1.00 e. The van der Waals surface area contributed by atoms with E-state index in [2.05, 4.69) is 82.0 Å². The summed E-state index contributed by atoms with van der Waals surface area (Å²) in [6.07, 6.45) is 2.34. The molecular weight excluding hydrogens is 311 g/mol. The zero-order valence-electron chi connectivity index (χ0n) is 10.5. The molecule has 1 aliphatic carbocycles. The van der Waals surface area contributed by atoms with Crippen LogP contribution in [-0.2, 0) is 20.4 Å². The van der Waals surface area contributed by atoms with Crippen LogP contribution in [-0.4, -0.2) is 0 Å². The molecule has 0 aromatic heterocycles. The fourth-order valence-corrected chi connectivity index (χ4v) is 2.94. The summed E-state index contributed by atoms with van der Waals surface area (Å²) in [5.41, 5.74) is 6.99. The van der Waals surface area contributed by atoms with Gasteiger partial charge in [0.05, 0.1) is 0 Å². The van der Waals surface area contributed by atoms with Crippen molar-refractivity contribution >= 4 is 6.08 Å². The van der Waals surface area contributed by atoms with Crippen molar-refractivity contribution in [3.8, 4) is 11.1 Å². The predicted molar refractivity (Wildman–Crippen MR) is 68.3 cm³/mol. The minimum Gasteiger partial charge on any atom is -1.00 e. The number of halogens is 2. The molecule has 0 nitrogen and oxygen atoms in total. The monoisotopic (exact) mass is 323 g/mol. The zero-order chi connectivity index (χ0) is 11.8. The Hall–Kier alpha value is -0.526. The summed E-state index contributed by atoms with van der Waals surface area (Å²) in [6.45, 7) is 2.22. The van der Waals surface area contributed by atoms with E-state index in [1.54, 1.807) is 0 Å². The van der Waals surface area contributed by atoms with Crippen molar-refractivity contribution in [2.45, 2.75) is 11.1 Å². The fourth-order valence-electron chi connectivity index (χ4n) is 2.42. The molecule has 1 unspecified atom stereocenters. The molecule has 95 valence electrons. The number of benzene rings is 2. The van der Waals surface area contributed by atoms with E-state index in [0.717, 1.165) is 0 Å². The van der Waals surface area contributed by atoms with Gasteiger partial charge in [0.15, 0.2) is 0 Å². The Bertz CT molecular complexity index is 591. The summed E-state index contributed by atoms with van der Waals surface area (Å²) >= 11 is 2.28. The number of rotatable bonds is 1. The van der Waals surface area contributed by atoms with E-state index in [1.165, 1.54) is 27.8 Å². The Morgan fingerprint density at radius 3 is 2.26 bits per heavy atom. The molecule has 0 saturated heterocycles. The second-order valence-corrected chi connectivity index (χ2v) is 5.40. The third-order valence-corrected chi connectivity index (χ3v) is 4.56. The molecule has 0 heterocycles. The Morgan fingerprint density at radius 2 is 1.58 bits per heavy atom. The minimum atomic E-state index is 0. The van der Waals surface area contributed by atoms with Crippen LogP contribution < -0.4 is 24.8 Å². The summed E-state index contributed by atoms with van der Waals surface area (Å²) < 4.78 is 0.564. The number of allylic oxidation sites excluding steroid dienone is 1. The van der Waals surface area contributed by atoms with E-state index < -0.39 is 0 Å². The minimum absolute atomic E-state index is 0. The van der Waals surface area contributed by atoms with Crippen molar-refractivity contribution in [2.75, 3.05) is 0 Å². The second-order valence-electron chi connectivity index (χ2n) is 4.50. The second kappa shape index (κ2) is 6.77. The molecule has 0 bridgehead atoms. The molecule has 1 aliphatic rings. The van der Waals surface area contributed by atoms with Crippen LogP contribution in [0.1, 0.15) is 22.3 Å². The Labute approximate surface area is 138 Å². The molecule has 2 aromatic rings. The third kappa shape index (κ3) is 2.98. The first-order valence-corrected chi connectivity index (χ1v) is 6.75. The van der Waals surface area contributed by atoms with Gasteiger partial charge < -0.3 is 24.8 Å². The van der Waals surface area contributed by atoms with Gasteiger partial charge in [-0.05, 0) is 0 Å². The zero-order valence-corrected chi connectivity index (χ0v) is 13.6. The van der Waals surface area contributed by atoms with Crippen molar-refractivity contribution in [2.24, 2.45) is 0 Å². The first-order chi connectivity index (χ1) is 8.27. The van der Waals surface area contributed by atoms with Crippen molar-refractivity contribution in [1.29, 1.82) is 0 Å². The van der Waals surface area contributed by atoms with Gasteiger partial charge >= 0.3 is 114 Å². The summed E-state index contributed by atoms with van der Waals surface area (Å²) in [4.78, 5) is 0. The van der Waals surface area contributed by atoms with Crippen molar-refractivity contribution in [3.63, 3.8) is 0 Å². The van der Waals surface area contributed by atoms with E-state index >= 15 is 0 Å².